The van der Waals surface area contributed by atoms with Crippen LogP contribution in [0.3, 0.4) is 0 Å². The van der Waals surface area contributed by atoms with Crippen molar-refractivity contribution in [2.45, 2.75) is 12.8 Å². The van der Waals surface area contributed by atoms with Crippen LogP contribution in [0.4, 0.5) is 0 Å². The van der Waals surface area contributed by atoms with E-state index in [2.05, 4.69) is 28.4 Å². The molecule has 0 saturated carbocycles. The van der Waals surface area contributed by atoms with E-state index < -0.39 is 0 Å². The molecule has 3 rings (SSSR count). The van der Waals surface area contributed by atoms with Crippen molar-refractivity contribution in [2.75, 3.05) is 45.9 Å². The number of aliphatic hydroxyl groups excluding tert-OH is 1. The summed E-state index contributed by atoms with van der Waals surface area (Å²) in [6, 6.07) is 8.19. The molecule has 2 aliphatic rings. The molecule has 1 aromatic rings. The van der Waals surface area contributed by atoms with Gasteiger partial charge in [0.1, 0.15) is 12.4 Å². The van der Waals surface area contributed by atoms with Crippen LogP contribution in [0.15, 0.2) is 29.8 Å². The number of nitrogens with zero attached hydrogens (tertiary/aromatic N) is 1. The highest BCUT2D eigenvalue weighted by atomic mass is 16.5. The summed E-state index contributed by atoms with van der Waals surface area (Å²) < 4.78 is 5.78. The van der Waals surface area contributed by atoms with Crippen LogP contribution < -0.4 is 10.1 Å². The lowest BCUT2D eigenvalue weighted by atomic mass is 9.96. The van der Waals surface area contributed by atoms with E-state index in [1.165, 1.54) is 24.0 Å². The van der Waals surface area contributed by atoms with Gasteiger partial charge >= 0.3 is 0 Å². The van der Waals surface area contributed by atoms with Crippen LogP contribution in [-0.4, -0.2) is 55.9 Å². The van der Waals surface area contributed by atoms with Crippen LogP contribution in [0.5, 0.6) is 5.75 Å². The first kappa shape index (κ1) is 15.5. The first-order valence-corrected chi connectivity index (χ1v) is 8.30. The number of nitrogens with one attached hydrogen (secondary N) is 1. The fourth-order valence-electron chi connectivity index (χ4n) is 3.26. The summed E-state index contributed by atoms with van der Waals surface area (Å²) in [5.41, 5.74) is 2.50. The maximum absolute atomic E-state index is 8.97. The smallest absolute Gasteiger partial charge is 0.127 e. The van der Waals surface area contributed by atoms with Gasteiger partial charge in [-0.05, 0) is 56.1 Å². The van der Waals surface area contributed by atoms with Gasteiger partial charge in [0.2, 0.25) is 0 Å². The van der Waals surface area contributed by atoms with Gasteiger partial charge in [0, 0.05) is 18.7 Å². The molecule has 2 aliphatic heterocycles. The van der Waals surface area contributed by atoms with Crippen molar-refractivity contribution in [3.05, 3.63) is 35.4 Å². The maximum atomic E-state index is 8.97. The topological polar surface area (TPSA) is 44.7 Å². The van der Waals surface area contributed by atoms with Crippen molar-refractivity contribution in [2.24, 2.45) is 5.92 Å². The number of β-amino-alcohol motifs (C(OH)–C–C–N with tert-alkyl or cyclic N) is 1. The molecule has 0 aliphatic carbocycles. The number of aliphatic hydroxyl groups is 1. The number of fused-ring (bicyclic) bond motifs is 1. The quantitative estimate of drug-likeness (QED) is 0.840. The van der Waals surface area contributed by atoms with E-state index in [1.807, 2.05) is 12.1 Å². The largest absolute Gasteiger partial charge is 0.489 e. The number of hydrogen-bond acceptors (Lipinski definition) is 4. The summed E-state index contributed by atoms with van der Waals surface area (Å²) in [6.07, 6.45) is 4.70. The third kappa shape index (κ3) is 4.09. The summed E-state index contributed by atoms with van der Waals surface area (Å²) in [5, 5.41) is 12.6. The SMILES string of the molecule is OCCN1CCC(CNCC2=Cc3ccccc3OC2)CC1. The molecule has 0 spiro atoms. The Morgan fingerprint density at radius 1 is 1.23 bits per heavy atom. The van der Waals surface area contributed by atoms with Crippen LogP contribution >= 0.6 is 0 Å². The Morgan fingerprint density at radius 2 is 2.05 bits per heavy atom. The number of ether oxygens (including phenoxy) is 1. The van der Waals surface area contributed by atoms with Crippen molar-refractivity contribution in [1.82, 2.24) is 10.2 Å². The van der Waals surface area contributed by atoms with Gasteiger partial charge in [0.15, 0.2) is 0 Å². The molecular weight excluding hydrogens is 276 g/mol. The Bertz CT molecular complexity index is 508. The van der Waals surface area contributed by atoms with Gasteiger partial charge in [-0.2, -0.15) is 0 Å². The van der Waals surface area contributed by atoms with E-state index in [0.29, 0.717) is 6.61 Å². The third-order valence-corrected chi connectivity index (χ3v) is 4.60. The fourth-order valence-corrected chi connectivity index (χ4v) is 3.26. The van der Waals surface area contributed by atoms with Crippen molar-refractivity contribution in [3.8, 4) is 5.75 Å². The highest BCUT2D eigenvalue weighted by Crippen LogP contribution is 2.25. The molecule has 0 unspecified atom stereocenters. The molecular formula is C18H26N2O2. The summed E-state index contributed by atoms with van der Waals surface area (Å²) in [4.78, 5) is 2.35. The average molecular weight is 302 g/mol. The molecule has 2 heterocycles. The van der Waals surface area contributed by atoms with Gasteiger partial charge < -0.3 is 20.1 Å². The summed E-state index contributed by atoms with van der Waals surface area (Å²) in [5.74, 6) is 1.75. The normalized spacial score (nSPS) is 19.4. The van der Waals surface area contributed by atoms with Crippen molar-refractivity contribution >= 4 is 6.08 Å². The van der Waals surface area contributed by atoms with E-state index in [4.69, 9.17) is 9.84 Å². The lowest BCUT2D eigenvalue weighted by Crippen LogP contribution is -2.39. The first-order chi connectivity index (χ1) is 10.8. The summed E-state index contributed by atoms with van der Waals surface area (Å²) in [7, 11) is 0. The van der Waals surface area contributed by atoms with Gasteiger partial charge in [-0.3, -0.25) is 0 Å². The number of likely N-dealkylation sites (tertiary alicyclic amines) is 1. The van der Waals surface area contributed by atoms with Crippen molar-refractivity contribution < 1.29 is 9.84 Å². The molecule has 0 aromatic heterocycles. The highest BCUT2D eigenvalue weighted by Gasteiger charge is 2.18. The molecule has 1 fully saturated rings. The monoisotopic (exact) mass is 302 g/mol. The van der Waals surface area contributed by atoms with Crippen molar-refractivity contribution in [1.29, 1.82) is 0 Å². The molecule has 0 amide bonds. The van der Waals surface area contributed by atoms with Crippen LogP contribution in [0.25, 0.3) is 6.08 Å². The van der Waals surface area contributed by atoms with Gasteiger partial charge in [-0.1, -0.05) is 18.2 Å². The zero-order valence-corrected chi connectivity index (χ0v) is 13.1. The molecule has 4 heteroatoms. The molecule has 1 saturated heterocycles. The van der Waals surface area contributed by atoms with Crippen LogP contribution in [0.1, 0.15) is 18.4 Å². The van der Waals surface area contributed by atoms with Crippen molar-refractivity contribution in [3.63, 3.8) is 0 Å². The summed E-state index contributed by atoms with van der Waals surface area (Å²) in [6.45, 7) is 6.01. The number of piperidine rings is 1. The zero-order chi connectivity index (χ0) is 15.2. The number of benzene rings is 1. The van der Waals surface area contributed by atoms with Crippen LogP contribution in [0, 0.1) is 5.92 Å². The predicted molar refractivity (Wildman–Crippen MR) is 89.0 cm³/mol. The summed E-state index contributed by atoms with van der Waals surface area (Å²) >= 11 is 0. The Balaban J connectivity index is 1.40. The van der Waals surface area contributed by atoms with Crippen LogP contribution in [-0.2, 0) is 0 Å². The minimum absolute atomic E-state index is 0.276. The second-order valence-electron chi connectivity index (χ2n) is 6.27. The van der Waals surface area contributed by atoms with Gasteiger partial charge in [-0.25, -0.2) is 0 Å². The van der Waals surface area contributed by atoms with Gasteiger partial charge in [0.05, 0.1) is 6.61 Å². The minimum Gasteiger partial charge on any atom is -0.489 e. The van der Waals surface area contributed by atoms with Gasteiger partial charge in [-0.15, -0.1) is 0 Å². The molecule has 0 atom stereocenters. The Hall–Kier alpha value is -1.36. The second-order valence-corrected chi connectivity index (χ2v) is 6.27. The number of para-hydroxylation sites is 1. The average Bonchev–Trinajstić information content (AvgIpc) is 2.57. The minimum atomic E-state index is 0.276. The molecule has 22 heavy (non-hydrogen) atoms. The van der Waals surface area contributed by atoms with Gasteiger partial charge in [0.25, 0.3) is 0 Å². The third-order valence-electron chi connectivity index (χ3n) is 4.60. The van der Waals surface area contributed by atoms with Crippen LogP contribution in [0.2, 0.25) is 0 Å². The van der Waals surface area contributed by atoms with E-state index in [1.54, 1.807) is 0 Å². The van der Waals surface area contributed by atoms with E-state index >= 15 is 0 Å². The lowest BCUT2D eigenvalue weighted by molar-refractivity contribution is 0.147. The molecule has 120 valence electrons. The Morgan fingerprint density at radius 3 is 2.86 bits per heavy atom. The predicted octanol–water partition coefficient (Wildman–Crippen LogP) is 1.76. The Kier molecular flexibility index (Phi) is 5.48. The second kappa shape index (κ2) is 7.77. The fraction of sp³-hybridized carbons (Fsp3) is 0.556. The standard InChI is InChI=1S/C18H26N2O2/c21-10-9-20-7-5-15(6-8-20)12-19-13-16-11-17-3-1-2-4-18(17)22-14-16/h1-4,11,15,19,21H,5-10,12-14H2. The van der Waals surface area contributed by atoms with E-state index in [0.717, 1.165) is 44.4 Å². The molecule has 4 nitrogen and oxygen atoms in total. The molecule has 0 bridgehead atoms. The highest BCUT2D eigenvalue weighted by molar-refractivity contribution is 5.62. The molecule has 2 N–H and O–H groups in total. The molecule has 0 radical (unpaired) electrons. The number of rotatable bonds is 6. The lowest BCUT2D eigenvalue weighted by Gasteiger charge is -2.31. The number of hydrogen-bond donors (Lipinski definition) is 2. The maximum Gasteiger partial charge on any atom is 0.127 e. The molecule has 1 aromatic carbocycles. The first-order valence-electron chi connectivity index (χ1n) is 8.30. The Labute approximate surface area is 132 Å². The van der Waals surface area contributed by atoms with E-state index in [9.17, 15) is 0 Å². The zero-order valence-electron chi connectivity index (χ0n) is 13.1. The van der Waals surface area contributed by atoms with E-state index in [-0.39, 0.29) is 6.61 Å².